The van der Waals surface area contributed by atoms with Gasteiger partial charge >= 0.3 is 0 Å². The van der Waals surface area contributed by atoms with Crippen LogP contribution >= 0.6 is 0 Å². The molecule has 1 aliphatic heterocycles. The predicted molar refractivity (Wildman–Crippen MR) is 85.3 cm³/mol. The summed E-state index contributed by atoms with van der Waals surface area (Å²) in [6.07, 6.45) is 8.31. The quantitative estimate of drug-likeness (QED) is 0.861. The summed E-state index contributed by atoms with van der Waals surface area (Å²) in [6.45, 7) is 1.60. The molecular formula is C18H20N2O4. The van der Waals surface area contributed by atoms with Crippen molar-refractivity contribution in [3.05, 3.63) is 54.2 Å². The average molecular weight is 328 g/mol. The summed E-state index contributed by atoms with van der Waals surface area (Å²) in [5.74, 6) is -0.0186. The Morgan fingerprint density at radius 3 is 3.12 bits per heavy atom. The Hall–Kier alpha value is -2.18. The van der Waals surface area contributed by atoms with E-state index in [-0.39, 0.29) is 24.2 Å². The van der Waals surface area contributed by atoms with Gasteiger partial charge in [0.15, 0.2) is 0 Å². The Bertz CT molecular complexity index is 674. The number of ether oxygens (including phenoxy) is 2. The van der Waals surface area contributed by atoms with Gasteiger partial charge in [-0.1, -0.05) is 6.07 Å². The number of carbonyl (C=O) groups excluding carboxylic acids is 1. The molecule has 24 heavy (non-hydrogen) atoms. The second kappa shape index (κ2) is 6.75. The van der Waals surface area contributed by atoms with E-state index in [9.17, 15) is 4.79 Å². The van der Waals surface area contributed by atoms with Crippen molar-refractivity contribution in [2.45, 2.75) is 37.7 Å². The standard InChI is InChI=1S/C18H20N2O4/c21-18(14-5-8-22-12-14)20-7-9-23-16-4-3-15(20)17(16)24-11-13-2-1-6-19-10-13/h1-2,5-6,8,10,12,15-17H,3-4,7,9,11H2/t15-,16-,17+/m0/s1. The lowest BCUT2D eigenvalue weighted by Crippen LogP contribution is -2.46. The number of rotatable bonds is 4. The first-order chi connectivity index (χ1) is 11.8. The molecule has 6 nitrogen and oxygen atoms in total. The molecule has 2 aliphatic rings. The van der Waals surface area contributed by atoms with Crippen LogP contribution in [0.2, 0.25) is 0 Å². The van der Waals surface area contributed by atoms with E-state index in [1.165, 1.54) is 12.5 Å². The van der Waals surface area contributed by atoms with Gasteiger partial charge in [-0.15, -0.1) is 0 Å². The van der Waals surface area contributed by atoms with Crippen molar-refractivity contribution in [2.24, 2.45) is 0 Å². The molecule has 0 aromatic carbocycles. The summed E-state index contributed by atoms with van der Waals surface area (Å²) in [5, 5.41) is 0. The lowest BCUT2D eigenvalue weighted by Gasteiger charge is -2.31. The minimum absolute atomic E-state index is 0.0186. The number of pyridine rings is 1. The molecule has 0 spiro atoms. The molecule has 0 radical (unpaired) electrons. The van der Waals surface area contributed by atoms with Crippen LogP contribution in [0.3, 0.4) is 0 Å². The van der Waals surface area contributed by atoms with Gasteiger partial charge in [0.2, 0.25) is 0 Å². The summed E-state index contributed by atoms with van der Waals surface area (Å²) in [6, 6.07) is 5.62. The minimum Gasteiger partial charge on any atom is -0.472 e. The van der Waals surface area contributed by atoms with Crippen LogP contribution in [0, 0.1) is 0 Å². The monoisotopic (exact) mass is 328 g/mol. The van der Waals surface area contributed by atoms with E-state index in [0.717, 1.165) is 18.4 Å². The Kier molecular flexibility index (Phi) is 4.32. The van der Waals surface area contributed by atoms with Crippen molar-refractivity contribution < 1.29 is 18.7 Å². The normalized spacial score (nSPS) is 26.3. The third-order valence-corrected chi connectivity index (χ3v) is 4.75. The van der Waals surface area contributed by atoms with E-state index < -0.39 is 0 Å². The maximum atomic E-state index is 12.8. The van der Waals surface area contributed by atoms with E-state index in [1.54, 1.807) is 18.5 Å². The van der Waals surface area contributed by atoms with Crippen LogP contribution in [-0.4, -0.2) is 47.2 Å². The second-order valence-corrected chi connectivity index (χ2v) is 6.20. The zero-order chi connectivity index (χ0) is 16.4. The molecule has 1 amide bonds. The largest absolute Gasteiger partial charge is 0.472 e. The molecule has 3 atom stereocenters. The van der Waals surface area contributed by atoms with Crippen LogP contribution in [0.5, 0.6) is 0 Å². The fraction of sp³-hybridized carbons (Fsp3) is 0.444. The first kappa shape index (κ1) is 15.4. The van der Waals surface area contributed by atoms with Gasteiger partial charge in [-0.2, -0.15) is 0 Å². The highest BCUT2D eigenvalue weighted by Crippen LogP contribution is 2.33. The van der Waals surface area contributed by atoms with Gasteiger partial charge in [0, 0.05) is 18.9 Å². The maximum absolute atomic E-state index is 12.8. The number of nitrogens with zero attached hydrogens (tertiary/aromatic N) is 2. The molecule has 3 heterocycles. The first-order valence-electron chi connectivity index (χ1n) is 8.28. The Balaban J connectivity index is 1.50. The summed E-state index contributed by atoms with van der Waals surface area (Å²) < 4.78 is 17.1. The van der Waals surface area contributed by atoms with E-state index in [2.05, 4.69) is 4.98 Å². The highest BCUT2D eigenvalue weighted by molar-refractivity contribution is 5.94. The molecule has 0 unspecified atom stereocenters. The third-order valence-electron chi connectivity index (χ3n) is 4.75. The van der Waals surface area contributed by atoms with Crippen molar-refractivity contribution in [1.82, 2.24) is 9.88 Å². The van der Waals surface area contributed by atoms with E-state index in [1.807, 2.05) is 17.0 Å². The molecule has 2 fully saturated rings. The van der Waals surface area contributed by atoms with Gasteiger partial charge in [0.05, 0.1) is 37.2 Å². The molecule has 2 bridgehead atoms. The van der Waals surface area contributed by atoms with Crippen molar-refractivity contribution in [1.29, 1.82) is 0 Å². The van der Waals surface area contributed by atoms with Crippen molar-refractivity contribution in [2.75, 3.05) is 13.2 Å². The average Bonchev–Trinajstić information content (AvgIpc) is 3.22. The SMILES string of the molecule is O=C(c1ccoc1)N1CCO[C@H]2CC[C@H]1[C@H]2OCc1cccnc1. The van der Waals surface area contributed by atoms with Gasteiger partial charge in [-0.3, -0.25) is 9.78 Å². The van der Waals surface area contributed by atoms with Crippen molar-refractivity contribution >= 4 is 5.91 Å². The summed E-state index contributed by atoms with van der Waals surface area (Å²) >= 11 is 0. The Labute approximate surface area is 140 Å². The zero-order valence-electron chi connectivity index (χ0n) is 13.3. The van der Waals surface area contributed by atoms with Gasteiger partial charge in [-0.05, 0) is 30.5 Å². The van der Waals surface area contributed by atoms with Crippen LogP contribution in [0.15, 0.2) is 47.5 Å². The summed E-state index contributed by atoms with van der Waals surface area (Å²) in [7, 11) is 0. The molecule has 6 heteroatoms. The van der Waals surface area contributed by atoms with Gasteiger partial charge in [-0.25, -0.2) is 0 Å². The van der Waals surface area contributed by atoms with Crippen LogP contribution in [-0.2, 0) is 16.1 Å². The highest BCUT2D eigenvalue weighted by atomic mass is 16.5. The number of hydrogen-bond acceptors (Lipinski definition) is 5. The van der Waals surface area contributed by atoms with Crippen LogP contribution in [0.25, 0.3) is 0 Å². The Morgan fingerprint density at radius 1 is 1.38 bits per heavy atom. The number of aromatic nitrogens is 1. The number of carbonyl (C=O) groups is 1. The number of amides is 1. The van der Waals surface area contributed by atoms with E-state index in [4.69, 9.17) is 13.9 Å². The van der Waals surface area contributed by atoms with Crippen molar-refractivity contribution in [3.63, 3.8) is 0 Å². The second-order valence-electron chi connectivity index (χ2n) is 6.20. The van der Waals surface area contributed by atoms with E-state index >= 15 is 0 Å². The highest BCUT2D eigenvalue weighted by Gasteiger charge is 2.44. The lowest BCUT2D eigenvalue weighted by atomic mass is 10.1. The lowest BCUT2D eigenvalue weighted by molar-refractivity contribution is -0.0598. The van der Waals surface area contributed by atoms with E-state index in [0.29, 0.717) is 25.3 Å². The number of fused-ring (bicyclic) bond motifs is 2. The first-order valence-corrected chi connectivity index (χ1v) is 8.28. The molecule has 1 saturated heterocycles. The van der Waals surface area contributed by atoms with Crippen LogP contribution in [0.4, 0.5) is 0 Å². The topological polar surface area (TPSA) is 64.8 Å². The molecular weight excluding hydrogens is 308 g/mol. The van der Waals surface area contributed by atoms with Crippen LogP contribution in [0.1, 0.15) is 28.8 Å². The Morgan fingerprint density at radius 2 is 2.33 bits per heavy atom. The molecule has 126 valence electrons. The number of hydrogen-bond donors (Lipinski definition) is 0. The van der Waals surface area contributed by atoms with Gasteiger partial charge in [0.1, 0.15) is 12.4 Å². The van der Waals surface area contributed by atoms with Gasteiger partial charge < -0.3 is 18.8 Å². The van der Waals surface area contributed by atoms with Gasteiger partial charge in [0.25, 0.3) is 5.91 Å². The summed E-state index contributed by atoms with van der Waals surface area (Å²) in [4.78, 5) is 18.8. The molecule has 2 aromatic rings. The maximum Gasteiger partial charge on any atom is 0.257 e. The fourth-order valence-corrected chi connectivity index (χ4v) is 3.59. The predicted octanol–water partition coefficient (Wildman–Crippen LogP) is 2.26. The summed E-state index contributed by atoms with van der Waals surface area (Å²) in [5.41, 5.74) is 1.60. The molecule has 0 N–H and O–H groups in total. The molecule has 1 aliphatic carbocycles. The fourth-order valence-electron chi connectivity index (χ4n) is 3.59. The van der Waals surface area contributed by atoms with Crippen LogP contribution < -0.4 is 0 Å². The molecule has 2 aromatic heterocycles. The molecule has 1 saturated carbocycles. The number of furan rings is 1. The smallest absolute Gasteiger partial charge is 0.257 e. The minimum atomic E-state index is -0.108. The molecule has 4 rings (SSSR count). The van der Waals surface area contributed by atoms with Crippen molar-refractivity contribution in [3.8, 4) is 0 Å². The zero-order valence-corrected chi connectivity index (χ0v) is 13.3. The third kappa shape index (κ3) is 2.95.